The molecule has 9 nitrogen and oxygen atoms in total. The van der Waals surface area contributed by atoms with Crippen molar-refractivity contribution in [3.63, 3.8) is 0 Å². The summed E-state index contributed by atoms with van der Waals surface area (Å²) in [6, 6.07) is 48.8. The quantitative estimate of drug-likeness (QED) is 0.152. The Morgan fingerprint density at radius 2 is 0.630 bits per heavy atom. The molecule has 54 heavy (non-hydrogen) atoms. The number of aromatic amines is 2. The molecule has 0 atom stereocenters. The highest BCUT2D eigenvalue weighted by Gasteiger charge is 2.21. The zero-order chi connectivity index (χ0) is 35.6. The van der Waals surface area contributed by atoms with Crippen LogP contribution in [0.15, 0.2) is 152 Å². The predicted molar refractivity (Wildman–Crippen MR) is 215 cm³/mol. The van der Waals surface area contributed by atoms with Crippen LogP contribution in [0.2, 0.25) is 0 Å². The van der Waals surface area contributed by atoms with Gasteiger partial charge in [-0.05, 0) is 11.5 Å². The zero-order valence-electron chi connectivity index (χ0n) is 28.6. The molecule has 252 valence electrons. The van der Waals surface area contributed by atoms with Crippen molar-refractivity contribution in [1.82, 2.24) is 44.9 Å². The Labute approximate surface area is 307 Å². The minimum atomic E-state index is 0.597. The maximum absolute atomic E-state index is 5.02. The fourth-order valence-corrected chi connectivity index (χ4v) is 7.40. The Bertz CT molecular complexity index is 2930. The summed E-state index contributed by atoms with van der Waals surface area (Å²) in [7, 11) is 0. The van der Waals surface area contributed by atoms with Gasteiger partial charge in [-0.15, -0.1) is 0 Å². The maximum Gasteiger partial charge on any atom is 0.164 e. The number of para-hydroxylation sites is 1. The summed E-state index contributed by atoms with van der Waals surface area (Å²) in [6.45, 7) is 0. The monoisotopic (exact) mass is 693 g/mol. The van der Waals surface area contributed by atoms with E-state index in [1.165, 1.54) is 16.2 Å². The average Bonchev–Trinajstić information content (AvgIpc) is 3.97. The van der Waals surface area contributed by atoms with E-state index < -0.39 is 0 Å². The number of nitrogens with zero attached hydrogens (tertiary/aromatic N) is 7. The Balaban J connectivity index is 0.000000204. The molecule has 10 aromatic rings. The molecule has 0 radical (unpaired) electrons. The van der Waals surface area contributed by atoms with E-state index in [4.69, 9.17) is 29.9 Å². The van der Waals surface area contributed by atoms with Crippen molar-refractivity contribution in [3.8, 4) is 45.6 Å². The van der Waals surface area contributed by atoms with Crippen LogP contribution in [0.1, 0.15) is 0 Å². The molecule has 0 spiro atoms. The summed E-state index contributed by atoms with van der Waals surface area (Å²) >= 11 is 0. The summed E-state index contributed by atoms with van der Waals surface area (Å²) in [5.74, 6) is 2.39. The second-order valence-corrected chi connectivity index (χ2v) is 13.2. The molecule has 2 aliphatic rings. The average molecular weight is 694 g/mol. The Hall–Kier alpha value is -7.65. The number of nitrogens with one attached hydrogen (secondary N) is 2. The highest BCUT2D eigenvalue weighted by Crippen LogP contribution is 2.36. The van der Waals surface area contributed by atoms with Crippen LogP contribution in [0.3, 0.4) is 0 Å². The van der Waals surface area contributed by atoms with Crippen molar-refractivity contribution < 1.29 is 0 Å². The third kappa shape index (κ3) is 4.83. The van der Waals surface area contributed by atoms with Crippen LogP contribution in [0.5, 0.6) is 0 Å². The van der Waals surface area contributed by atoms with Crippen molar-refractivity contribution in [3.05, 3.63) is 152 Å². The van der Waals surface area contributed by atoms with Gasteiger partial charge in [-0.25, -0.2) is 29.9 Å². The molecular formula is C45H27N9. The van der Waals surface area contributed by atoms with Gasteiger partial charge in [0.2, 0.25) is 0 Å². The smallest absolute Gasteiger partial charge is 0.164 e. The molecular weight excluding hydrogens is 667 g/mol. The normalized spacial score (nSPS) is 11.7. The molecule has 0 amide bonds. The molecule has 4 aromatic heterocycles. The summed E-state index contributed by atoms with van der Waals surface area (Å²) in [6.07, 6.45) is 1.93. The fraction of sp³-hybridized carbons (Fsp3) is 0. The van der Waals surface area contributed by atoms with Crippen LogP contribution in [0.25, 0.3) is 111 Å². The number of hydrogen-bond acceptors (Lipinski definition) is 7. The van der Waals surface area contributed by atoms with Gasteiger partial charge in [-0.3, -0.25) is 4.98 Å². The van der Waals surface area contributed by atoms with Crippen LogP contribution in [-0.4, -0.2) is 44.9 Å². The molecule has 6 heterocycles. The molecule has 12 rings (SSSR count). The van der Waals surface area contributed by atoms with Gasteiger partial charge >= 0.3 is 0 Å². The molecule has 0 fully saturated rings. The number of hydrogen-bond donors (Lipinski definition) is 2. The first kappa shape index (κ1) is 30.0. The lowest BCUT2D eigenvalue weighted by atomic mass is 10.1. The lowest BCUT2D eigenvalue weighted by Gasteiger charge is -2.01. The molecule has 0 unspecified atom stereocenters. The van der Waals surface area contributed by atoms with Gasteiger partial charge in [-0.2, -0.15) is 0 Å². The van der Waals surface area contributed by atoms with Crippen LogP contribution >= 0.6 is 0 Å². The highest BCUT2D eigenvalue weighted by atomic mass is 15.1. The second-order valence-electron chi connectivity index (χ2n) is 13.2. The summed E-state index contributed by atoms with van der Waals surface area (Å²) in [4.78, 5) is 41.2. The van der Waals surface area contributed by atoms with Gasteiger partial charge in [-0.1, -0.05) is 140 Å². The molecule has 0 saturated heterocycles. The van der Waals surface area contributed by atoms with Crippen LogP contribution < -0.4 is 0 Å². The largest absolute Gasteiger partial charge is 0.324 e. The van der Waals surface area contributed by atoms with Gasteiger partial charge in [0.1, 0.15) is 22.6 Å². The van der Waals surface area contributed by atoms with E-state index in [1.54, 1.807) is 0 Å². The Morgan fingerprint density at radius 1 is 0.296 bits per heavy atom. The van der Waals surface area contributed by atoms with E-state index in [2.05, 4.69) is 45.3 Å². The molecule has 6 aromatic carbocycles. The summed E-state index contributed by atoms with van der Waals surface area (Å²) < 4.78 is 0. The Kier molecular flexibility index (Phi) is 6.65. The highest BCUT2D eigenvalue weighted by molar-refractivity contribution is 6.07. The lowest BCUT2D eigenvalue weighted by molar-refractivity contribution is 1.19. The van der Waals surface area contributed by atoms with E-state index >= 15 is 0 Å². The number of pyridine rings is 1. The van der Waals surface area contributed by atoms with E-state index in [9.17, 15) is 0 Å². The number of rotatable bonds is 0. The van der Waals surface area contributed by atoms with Crippen molar-refractivity contribution in [2.45, 2.75) is 0 Å². The first-order chi connectivity index (χ1) is 26.7. The molecule has 8 bridgehead atoms. The zero-order valence-corrected chi connectivity index (χ0v) is 28.6. The van der Waals surface area contributed by atoms with Gasteiger partial charge in [0.05, 0.1) is 5.52 Å². The molecule has 0 saturated carbocycles. The first-order valence-corrected chi connectivity index (χ1v) is 17.7. The fourth-order valence-electron chi connectivity index (χ4n) is 7.40. The third-order valence-electron chi connectivity index (χ3n) is 9.96. The van der Waals surface area contributed by atoms with Crippen LogP contribution in [0.4, 0.5) is 0 Å². The van der Waals surface area contributed by atoms with Crippen LogP contribution in [-0.2, 0) is 0 Å². The number of H-pyrrole nitrogens is 2. The predicted octanol–water partition coefficient (Wildman–Crippen LogP) is 10.3. The van der Waals surface area contributed by atoms with Gasteiger partial charge in [0.15, 0.2) is 23.3 Å². The Morgan fingerprint density at radius 3 is 1.06 bits per heavy atom. The number of benzene rings is 6. The molecule has 9 heteroatoms. The van der Waals surface area contributed by atoms with Crippen molar-refractivity contribution in [1.29, 1.82) is 0 Å². The van der Waals surface area contributed by atoms with E-state index in [0.717, 1.165) is 49.3 Å². The van der Waals surface area contributed by atoms with E-state index in [0.29, 0.717) is 45.9 Å². The minimum Gasteiger partial charge on any atom is -0.324 e. The maximum atomic E-state index is 5.02. The van der Waals surface area contributed by atoms with E-state index in [-0.39, 0.29) is 0 Å². The van der Waals surface area contributed by atoms with Gasteiger partial charge < -0.3 is 9.97 Å². The summed E-state index contributed by atoms with van der Waals surface area (Å²) in [5.41, 5.74) is 7.51. The molecule has 2 N–H and O–H groups in total. The first-order valence-electron chi connectivity index (χ1n) is 17.7. The van der Waals surface area contributed by atoms with E-state index in [1.807, 2.05) is 121 Å². The van der Waals surface area contributed by atoms with Gasteiger partial charge in [0, 0.05) is 60.8 Å². The molecule has 0 aliphatic carbocycles. The second kappa shape index (κ2) is 12.0. The minimum absolute atomic E-state index is 0.597. The van der Waals surface area contributed by atoms with Crippen molar-refractivity contribution >= 4 is 65.8 Å². The third-order valence-corrected chi connectivity index (χ3v) is 9.96. The molecule has 2 aliphatic heterocycles. The lowest BCUT2D eigenvalue weighted by Crippen LogP contribution is -1.82. The van der Waals surface area contributed by atoms with Gasteiger partial charge in [0.25, 0.3) is 0 Å². The summed E-state index contributed by atoms with van der Waals surface area (Å²) in [5, 5.41) is 7.52. The SMILES string of the molecule is c1ccc2c(c1)-c1nc-2nc2[nH]c(nc3nc(nc4[nH]c(n1)c1ccccc41)-c1ccccc1-3)c1ccccc21.c1ccc2c(c1)cnc1ccccc12. The van der Waals surface area contributed by atoms with Crippen LogP contribution in [0, 0.1) is 0 Å². The van der Waals surface area contributed by atoms with Crippen molar-refractivity contribution in [2.24, 2.45) is 0 Å². The number of aromatic nitrogens is 9. The number of fused-ring (bicyclic) bond motifs is 23. The topological polar surface area (TPSA) is 122 Å². The standard InChI is InChI=1S/C32H18N8.C13H9N/c1-2-10-18-17(9-1)25-33-26(18)38-28-21-13-5-6-14-22(21)30(35-28)40-32-24-16-8-7-15-23(24)31(36-32)39-29-20-12-4-3-11-19(20)27(34-29)37-25;1-2-6-11-10(5-1)9-14-13-8-4-3-7-12(11)13/h1-16H,(H2,33,34,35,36,37,38,39,40);1-9H. The van der Waals surface area contributed by atoms with Crippen molar-refractivity contribution in [2.75, 3.05) is 0 Å².